The van der Waals surface area contributed by atoms with Crippen LogP contribution in [0.15, 0.2) is 24.3 Å². The molecule has 0 spiro atoms. The molecule has 0 radical (unpaired) electrons. The van der Waals surface area contributed by atoms with Crippen LogP contribution < -0.4 is 5.32 Å². The zero-order valence-electron chi connectivity index (χ0n) is 16.3. The molecule has 2 heterocycles. The molecule has 4 rings (SSSR count). The number of nitrogens with zero attached hydrogens (tertiary/aromatic N) is 2. The van der Waals surface area contributed by atoms with E-state index in [1.165, 1.54) is 15.6 Å². The first-order valence-corrected chi connectivity index (χ1v) is 12.3. The lowest BCUT2D eigenvalue weighted by Gasteiger charge is -2.34. The summed E-state index contributed by atoms with van der Waals surface area (Å²) in [5.74, 6) is -0.429. The number of amides is 1. The minimum Gasteiger partial charge on any atom is -0.315 e. The standard InChI is InChI=1S/C21H23N3O3S2/c1-2-29(26,27)24-13-15-8-4-3-7-14(15)11-18(24)20(25)23-21-17(12-22)16-9-5-6-10-19(16)28-21/h3-4,7-8,18H,2,5-6,9-11,13H2,1H3,(H,23,25). The Bertz CT molecular complexity index is 1100. The quantitative estimate of drug-likeness (QED) is 0.808. The molecule has 8 heteroatoms. The number of carbonyl (C=O) groups excluding carboxylic acids is 1. The minimum absolute atomic E-state index is 0.0598. The van der Waals surface area contributed by atoms with Gasteiger partial charge in [0.25, 0.3) is 0 Å². The highest BCUT2D eigenvalue weighted by Crippen LogP contribution is 2.38. The zero-order chi connectivity index (χ0) is 20.6. The fourth-order valence-corrected chi connectivity index (χ4v) is 6.62. The van der Waals surface area contributed by atoms with Crippen LogP contribution in [0.25, 0.3) is 0 Å². The van der Waals surface area contributed by atoms with Crippen molar-refractivity contribution in [3.05, 3.63) is 51.4 Å². The summed E-state index contributed by atoms with van der Waals surface area (Å²) in [6, 6.07) is 9.05. The van der Waals surface area contributed by atoms with Crippen LogP contribution in [-0.4, -0.2) is 30.4 Å². The lowest BCUT2D eigenvalue weighted by Crippen LogP contribution is -2.51. The molecule has 0 bridgehead atoms. The molecule has 1 N–H and O–H groups in total. The molecule has 1 amide bonds. The van der Waals surface area contributed by atoms with Gasteiger partial charge in [-0.05, 0) is 55.7 Å². The van der Waals surface area contributed by atoms with Gasteiger partial charge in [-0.1, -0.05) is 24.3 Å². The van der Waals surface area contributed by atoms with Gasteiger partial charge in [-0.2, -0.15) is 9.57 Å². The van der Waals surface area contributed by atoms with Gasteiger partial charge in [0, 0.05) is 11.4 Å². The van der Waals surface area contributed by atoms with Crippen LogP contribution in [0.3, 0.4) is 0 Å². The fraction of sp³-hybridized carbons (Fsp3) is 0.429. The first-order chi connectivity index (χ1) is 13.9. The number of anilines is 1. The third-order valence-electron chi connectivity index (χ3n) is 5.75. The van der Waals surface area contributed by atoms with E-state index in [1.807, 2.05) is 24.3 Å². The number of nitrogens with one attached hydrogen (secondary N) is 1. The predicted octanol–water partition coefficient (Wildman–Crippen LogP) is 3.21. The van der Waals surface area contributed by atoms with Gasteiger partial charge in [0.2, 0.25) is 15.9 Å². The molecule has 0 fully saturated rings. The van der Waals surface area contributed by atoms with Crippen LogP contribution in [0.4, 0.5) is 5.00 Å². The Kier molecular flexibility index (Phi) is 5.47. The topological polar surface area (TPSA) is 90.3 Å². The van der Waals surface area contributed by atoms with E-state index in [1.54, 1.807) is 6.92 Å². The van der Waals surface area contributed by atoms with Gasteiger partial charge in [-0.25, -0.2) is 8.42 Å². The number of rotatable bonds is 4. The molecule has 0 saturated carbocycles. The molecule has 152 valence electrons. The lowest BCUT2D eigenvalue weighted by atomic mass is 9.95. The highest BCUT2D eigenvalue weighted by Gasteiger charge is 2.38. The zero-order valence-corrected chi connectivity index (χ0v) is 17.9. The Morgan fingerprint density at radius 2 is 2.00 bits per heavy atom. The molecule has 1 aliphatic heterocycles. The van der Waals surface area contributed by atoms with Gasteiger partial charge in [0.1, 0.15) is 17.1 Å². The predicted molar refractivity (Wildman–Crippen MR) is 113 cm³/mol. The Hall–Kier alpha value is -2.21. The van der Waals surface area contributed by atoms with Gasteiger partial charge >= 0.3 is 0 Å². The second kappa shape index (κ2) is 7.90. The minimum atomic E-state index is -3.56. The van der Waals surface area contributed by atoms with Crippen molar-refractivity contribution < 1.29 is 13.2 Å². The van der Waals surface area contributed by atoms with Crippen molar-refractivity contribution in [3.8, 4) is 6.07 Å². The van der Waals surface area contributed by atoms with Crippen molar-refractivity contribution >= 4 is 32.3 Å². The first-order valence-electron chi connectivity index (χ1n) is 9.86. The summed E-state index contributed by atoms with van der Waals surface area (Å²) in [5, 5.41) is 13.1. The highest BCUT2D eigenvalue weighted by atomic mass is 32.2. The number of benzene rings is 1. The number of hydrogen-bond donors (Lipinski definition) is 1. The Morgan fingerprint density at radius 3 is 2.72 bits per heavy atom. The number of nitriles is 1. The number of aryl methyl sites for hydroxylation is 1. The van der Waals surface area contributed by atoms with E-state index in [0.717, 1.165) is 47.3 Å². The van der Waals surface area contributed by atoms with Crippen LogP contribution in [0, 0.1) is 11.3 Å². The van der Waals surface area contributed by atoms with Crippen molar-refractivity contribution in [2.24, 2.45) is 0 Å². The van der Waals surface area contributed by atoms with E-state index in [4.69, 9.17) is 0 Å². The maximum atomic E-state index is 13.2. The molecule has 29 heavy (non-hydrogen) atoms. The van der Waals surface area contributed by atoms with Crippen LogP contribution in [0.1, 0.15) is 46.9 Å². The molecule has 1 aromatic heterocycles. The van der Waals surface area contributed by atoms with Gasteiger partial charge in [0.15, 0.2) is 0 Å². The SMILES string of the molecule is CCS(=O)(=O)N1Cc2ccccc2CC1C(=O)Nc1sc2c(c1C#N)CCCC2. The molecular formula is C21H23N3O3S2. The largest absolute Gasteiger partial charge is 0.315 e. The average Bonchev–Trinajstić information content (AvgIpc) is 3.09. The Morgan fingerprint density at radius 1 is 1.28 bits per heavy atom. The van der Waals surface area contributed by atoms with Crippen molar-refractivity contribution in [3.63, 3.8) is 0 Å². The van der Waals surface area contributed by atoms with Crippen molar-refractivity contribution in [2.75, 3.05) is 11.1 Å². The summed E-state index contributed by atoms with van der Waals surface area (Å²) in [6.45, 7) is 1.78. The number of fused-ring (bicyclic) bond motifs is 2. The Labute approximate surface area is 175 Å². The molecule has 2 aliphatic rings. The number of thiophene rings is 1. The second-order valence-corrected chi connectivity index (χ2v) is 10.8. The summed E-state index contributed by atoms with van der Waals surface area (Å²) >= 11 is 1.46. The highest BCUT2D eigenvalue weighted by molar-refractivity contribution is 7.89. The van der Waals surface area contributed by atoms with E-state index >= 15 is 0 Å². The van der Waals surface area contributed by atoms with Gasteiger partial charge < -0.3 is 5.32 Å². The summed E-state index contributed by atoms with van der Waals surface area (Å²) in [4.78, 5) is 14.4. The summed E-state index contributed by atoms with van der Waals surface area (Å²) < 4.78 is 26.7. The van der Waals surface area contributed by atoms with Crippen molar-refractivity contribution in [2.45, 2.75) is 51.6 Å². The summed E-state index contributed by atoms with van der Waals surface area (Å²) in [7, 11) is -3.56. The van der Waals surface area contributed by atoms with Gasteiger partial charge in [-0.15, -0.1) is 11.3 Å². The maximum Gasteiger partial charge on any atom is 0.243 e. The molecule has 0 saturated heterocycles. The van der Waals surface area contributed by atoms with Crippen LogP contribution >= 0.6 is 11.3 Å². The van der Waals surface area contributed by atoms with Crippen LogP contribution in [0.2, 0.25) is 0 Å². The molecule has 6 nitrogen and oxygen atoms in total. The van der Waals surface area contributed by atoms with E-state index in [-0.39, 0.29) is 18.2 Å². The summed E-state index contributed by atoms with van der Waals surface area (Å²) in [5.41, 5.74) is 3.50. The molecule has 1 unspecified atom stereocenters. The normalized spacial score (nSPS) is 19.1. The van der Waals surface area contributed by atoms with Crippen molar-refractivity contribution in [1.82, 2.24) is 4.31 Å². The third kappa shape index (κ3) is 3.70. The molecule has 2 aromatic rings. The van der Waals surface area contributed by atoms with E-state index in [9.17, 15) is 18.5 Å². The smallest absolute Gasteiger partial charge is 0.243 e. The van der Waals surface area contributed by atoms with Crippen LogP contribution in [0.5, 0.6) is 0 Å². The molecular weight excluding hydrogens is 406 g/mol. The number of hydrogen-bond acceptors (Lipinski definition) is 5. The van der Waals surface area contributed by atoms with Crippen LogP contribution in [-0.2, 0) is 40.6 Å². The average molecular weight is 430 g/mol. The van der Waals surface area contributed by atoms with Crippen molar-refractivity contribution in [1.29, 1.82) is 5.26 Å². The third-order valence-corrected chi connectivity index (χ3v) is 8.79. The maximum absolute atomic E-state index is 13.2. The first kappa shape index (κ1) is 20.1. The summed E-state index contributed by atoms with van der Waals surface area (Å²) in [6.07, 6.45) is 4.26. The monoisotopic (exact) mass is 429 g/mol. The molecule has 1 aliphatic carbocycles. The van der Waals surface area contributed by atoms with Gasteiger partial charge in [0.05, 0.1) is 11.3 Å². The molecule has 1 aromatic carbocycles. The Balaban J connectivity index is 1.66. The molecule has 1 atom stereocenters. The van der Waals surface area contributed by atoms with Gasteiger partial charge in [-0.3, -0.25) is 4.79 Å². The number of carbonyl (C=O) groups is 1. The fourth-order valence-electron chi connectivity index (χ4n) is 4.15. The lowest BCUT2D eigenvalue weighted by molar-refractivity contribution is -0.120. The van der Waals surface area contributed by atoms with E-state index < -0.39 is 16.1 Å². The second-order valence-electron chi connectivity index (χ2n) is 7.45. The van der Waals surface area contributed by atoms with E-state index in [0.29, 0.717) is 17.0 Å². The van der Waals surface area contributed by atoms with E-state index in [2.05, 4.69) is 11.4 Å². The number of sulfonamides is 1.